The molecule has 1 unspecified atom stereocenters. The lowest BCUT2D eigenvalue weighted by Gasteiger charge is -2.15. The van der Waals surface area contributed by atoms with Crippen molar-refractivity contribution in [2.75, 3.05) is 6.61 Å². The van der Waals surface area contributed by atoms with E-state index in [2.05, 4.69) is 11.5 Å². The van der Waals surface area contributed by atoms with Gasteiger partial charge >= 0.3 is 5.63 Å². The topological polar surface area (TPSA) is 57.3 Å². The zero-order valence-electron chi connectivity index (χ0n) is 17.0. The van der Waals surface area contributed by atoms with E-state index in [1.165, 1.54) is 0 Å². The maximum Gasteiger partial charge on any atom is 0.336 e. The second kappa shape index (κ2) is 8.54. The van der Waals surface area contributed by atoms with Crippen molar-refractivity contribution in [1.29, 1.82) is 0 Å². The highest BCUT2D eigenvalue weighted by atomic mass is 35.5. The summed E-state index contributed by atoms with van der Waals surface area (Å²) < 4.78 is 13.5. The fourth-order valence-corrected chi connectivity index (χ4v) is 5.15. The Hall–Kier alpha value is -1.76. The van der Waals surface area contributed by atoms with Gasteiger partial charge in [0.25, 0.3) is 0 Å². The van der Waals surface area contributed by atoms with Crippen LogP contribution in [0, 0.1) is 13.8 Å². The first kappa shape index (κ1) is 20.5. The summed E-state index contributed by atoms with van der Waals surface area (Å²) in [5.41, 5.74) is 4.32. The van der Waals surface area contributed by atoms with Crippen LogP contribution in [0.2, 0.25) is 5.02 Å². The van der Waals surface area contributed by atoms with E-state index in [0.29, 0.717) is 16.4 Å². The summed E-state index contributed by atoms with van der Waals surface area (Å²) in [6.45, 7) is 7.82. The maximum absolute atomic E-state index is 12.1. The molecule has 1 aromatic carbocycles. The van der Waals surface area contributed by atoms with Gasteiger partial charge in [0.15, 0.2) is 5.16 Å². The van der Waals surface area contributed by atoms with E-state index < -0.39 is 0 Å². The Morgan fingerprint density at radius 1 is 1.28 bits per heavy atom. The van der Waals surface area contributed by atoms with Crippen LogP contribution in [0.5, 0.6) is 0 Å². The molecule has 3 heterocycles. The molecule has 0 bridgehead atoms. The molecule has 5 nitrogen and oxygen atoms in total. The number of benzene rings is 1. The van der Waals surface area contributed by atoms with E-state index in [9.17, 15) is 4.79 Å². The Morgan fingerprint density at radius 2 is 2.10 bits per heavy atom. The molecule has 0 amide bonds. The van der Waals surface area contributed by atoms with E-state index in [0.717, 1.165) is 65.5 Å². The lowest BCUT2D eigenvalue weighted by molar-refractivity contribution is 0.0945. The number of halogens is 1. The number of imidazole rings is 1. The quantitative estimate of drug-likeness (QED) is 0.391. The van der Waals surface area contributed by atoms with Crippen LogP contribution in [-0.4, -0.2) is 22.3 Å². The molecule has 3 aromatic rings. The van der Waals surface area contributed by atoms with Crippen molar-refractivity contribution in [3.8, 4) is 0 Å². The molecular weight excluding hydrogens is 408 g/mol. The lowest BCUT2D eigenvalue weighted by Crippen LogP contribution is -2.16. The molecule has 1 aliphatic rings. The molecule has 0 saturated carbocycles. The van der Waals surface area contributed by atoms with Gasteiger partial charge in [0.05, 0.1) is 18.3 Å². The molecular formula is C22H25ClN2O3S. The molecule has 1 aliphatic heterocycles. The summed E-state index contributed by atoms with van der Waals surface area (Å²) >= 11 is 8.05. The Kier molecular flexibility index (Phi) is 6.04. The van der Waals surface area contributed by atoms with Crippen LogP contribution < -0.4 is 5.63 Å². The van der Waals surface area contributed by atoms with Crippen LogP contribution in [0.4, 0.5) is 0 Å². The molecule has 2 aromatic heterocycles. The molecule has 154 valence electrons. The highest BCUT2D eigenvalue weighted by Crippen LogP contribution is 2.31. The average Bonchev–Trinajstić information content (AvgIpc) is 3.30. The second-order valence-electron chi connectivity index (χ2n) is 7.48. The molecule has 29 heavy (non-hydrogen) atoms. The van der Waals surface area contributed by atoms with E-state index in [1.54, 1.807) is 17.8 Å². The van der Waals surface area contributed by atoms with Crippen LogP contribution in [-0.2, 0) is 23.5 Å². The summed E-state index contributed by atoms with van der Waals surface area (Å²) in [6, 6.07) is 5.34. The summed E-state index contributed by atoms with van der Waals surface area (Å²) in [6.07, 6.45) is 3.24. The van der Waals surface area contributed by atoms with Crippen molar-refractivity contribution in [2.45, 2.75) is 63.6 Å². The van der Waals surface area contributed by atoms with Gasteiger partial charge in [-0.05, 0) is 56.4 Å². The highest BCUT2D eigenvalue weighted by molar-refractivity contribution is 7.98. The minimum Gasteiger partial charge on any atom is -0.423 e. The first-order valence-electron chi connectivity index (χ1n) is 9.99. The van der Waals surface area contributed by atoms with E-state index in [4.69, 9.17) is 25.7 Å². The number of fused-ring (bicyclic) bond motifs is 1. The second-order valence-corrected chi connectivity index (χ2v) is 8.83. The van der Waals surface area contributed by atoms with E-state index in [-0.39, 0.29) is 11.7 Å². The number of rotatable bonds is 6. The van der Waals surface area contributed by atoms with Crippen molar-refractivity contribution in [2.24, 2.45) is 0 Å². The van der Waals surface area contributed by atoms with Crippen LogP contribution in [0.3, 0.4) is 0 Å². The minimum atomic E-state index is -0.340. The SMILES string of the molecule is CCc1cc2oc(=O)cc(CSc3nc(C)c(C)n3CC3CCCO3)c2cc1Cl. The van der Waals surface area contributed by atoms with Crippen molar-refractivity contribution < 1.29 is 9.15 Å². The van der Waals surface area contributed by atoms with Gasteiger partial charge in [0.1, 0.15) is 5.58 Å². The summed E-state index contributed by atoms with van der Waals surface area (Å²) in [7, 11) is 0. The molecule has 0 spiro atoms. The van der Waals surface area contributed by atoms with Crippen molar-refractivity contribution in [3.05, 3.63) is 56.2 Å². The highest BCUT2D eigenvalue weighted by Gasteiger charge is 2.20. The summed E-state index contributed by atoms with van der Waals surface area (Å²) in [5, 5.41) is 2.53. The number of nitrogens with zero attached hydrogens (tertiary/aromatic N) is 2. The molecule has 1 atom stereocenters. The number of thioether (sulfide) groups is 1. The van der Waals surface area contributed by atoms with Crippen molar-refractivity contribution in [1.82, 2.24) is 9.55 Å². The van der Waals surface area contributed by atoms with Crippen LogP contribution in [0.15, 0.2) is 32.6 Å². The Morgan fingerprint density at radius 3 is 2.83 bits per heavy atom. The number of ether oxygens (including phenoxy) is 1. The molecule has 0 radical (unpaired) electrons. The Bertz CT molecular complexity index is 1100. The molecule has 1 saturated heterocycles. The predicted molar refractivity (Wildman–Crippen MR) is 117 cm³/mol. The summed E-state index contributed by atoms with van der Waals surface area (Å²) in [4.78, 5) is 16.9. The van der Waals surface area contributed by atoms with Gasteiger partial charge in [-0.1, -0.05) is 30.3 Å². The normalized spacial score (nSPS) is 16.8. The molecule has 0 aliphatic carbocycles. The third kappa shape index (κ3) is 4.25. The fourth-order valence-electron chi connectivity index (χ4n) is 3.76. The summed E-state index contributed by atoms with van der Waals surface area (Å²) in [5.74, 6) is 0.616. The number of aromatic nitrogens is 2. The van der Waals surface area contributed by atoms with Crippen LogP contribution in [0.25, 0.3) is 11.0 Å². The maximum atomic E-state index is 12.1. The standard InChI is InChI=1S/C22H25ClN2O3S/c1-4-15-8-20-18(10-19(15)23)16(9-21(26)28-20)12-29-22-24-13(2)14(3)25(22)11-17-6-5-7-27-17/h8-10,17H,4-7,11-12H2,1-3H3. The van der Waals surface area contributed by atoms with Gasteiger partial charge in [-0.3, -0.25) is 0 Å². The molecule has 0 N–H and O–H groups in total. The number of hydrogen-bond acceptors (Lipinski definition) is 5. The van der Waals surface area contributed by atoms with Gasteiger partial charge in [0, 0.05) is 34.5 Å². The monoisotopic (exact) mass is 432 g/mol. The lowest BCUT2D eigenvalue weighted by atomic mass is 10.1. The third-order valence-electron chi connectivity index (χ3n) is 5.57. The van der Waals surface area contributed by atoms with Crippen molar-refractivity contribution >= 4 is 34.3 Å². The van der Waals surface area contributed by atoms with E-state index in [1.807, 2.05) is 26.0 Å². The van der Waals surface area contributed by atoms with E-state index >= 15 is 0 Å². The number of aryl methyl sites for hydroxylation is 2. The van der Waals surface area contributed by atoms with Crippen LogP contribution >= 0.6 is 23.4 Å². The first-order valence-corrected chi connectivity index (χ1v) is 11.4. The first-order chi connectivity index (χ1) is 14.0. The zero-order valence-corrected chi connectivity index (χ0v) is 18.5. The number of hydrogen-bond donors (Lipinski definition) is 0. The third-order valence-corrected chi connectivity index (χ3v) is 6.94. The largest absolute Gasteiger partial charge is 0.423 e. The fraction of sp³-hybridized carbons (Fsp3) is 0.455. The Labute approximate surface area is 179 Å². The smallest absolute Gasteiger partial charge is 0.336 e. The minimum absolute atomic E-state index is 0.248. The van der Waals surface area contributed by atoms with Gasteiger partial charge < -0.3 is 13.7 Å². The van der Waals surface area contributed by atoms with Gasteiger partial charge in [0.2, 0.25) is 0 Å². The van der Waals surface area contributed by atoms with Gasteiger partial charge in [-0.2, -0.15) is 0 Å². The Balaban J connectivity index is 1.64. The molecule has 7 heteroatoms. The van der Waals surface area contributed by atoms with Gasteiger partial charge in [-0.25, -0.2) is 9.78 Å². The molecule has 4 rings (SSSR count). The van der Waals surface area contributed by atoms with Crippen LogP contribution in [0.1, 0.15) is 42.3 Å². The zero-order chi connectivity index (χ0) is 20.5. The van der Waals surface area contributed by atoms with Crippen molar-refractivity contribution in [3.63, 3.8) is 0 Å². The average molecular weight is 433 g/mol. The van der Waals surface area contributed by atoms with Gasteiger partial charge in [-0.15, -0.1) is 0 Å². The predicted octanol–water partition coefficient (Wildman–Crippen LogP) is 5.29. The molecule has 1 fully saturated rings.